The predicted molar refractivity (Wildman–Crippen MR) is 87.6 cm³/mol. The van der Waals surface area contributed by atoms with Crippen LogP contribution in [0.15, 0.2) is 0 Å². The van der Waals surface area contributed by atoms with Crippen molar-refractivity contribution in [2.24, 2.45) is 23.0 Å². The number of rotatable bonds is 9. The number of nitrogens with one attached hydrogen (secondary N) is 1. The summed E-state index contributed by atoms with van der Waals surface area (Å²) in [4.78, 5) is 21.6. The van der Waals surface area contributed by atoms with Crippen LogP contribution in [0.3, 0.4) is 0 Å². The normalized spacial score (nSPS) is 28.0. The van der Waals surface area contributed by atoms with E-state index in [1.807, 2.05) is 6.92 Å². The van der Waals surface area contributed by atoms with Crippen LogP contribution in [-0.2, 0) is 9.59 Å². The van der Waals surface area contributed by atoms with Gasteiger partial charge in [0.25, 0.3) is 0 Å². The number of nitrogens with two attached hydrogens (primary N) is 1. The molecule has 0 heterocycles. The fourth-order valence-corrected chi connectivity index (χ4v) is 3.73. The molecule has 128 valence electrons. The van der Waals surface area contributed by atoms with E-state index in [0.29, 0.717) is 24.2 Å². The maximum Gasteiger partial charge on any atom is 0.305 e. The average Bonchev–Trinajstić information content (AvgIpc) is 2.66. The largest absolute Gasteiger partial charge is 0.481 e. The highest BCUT2D eigenvalue weighted by Crippen LogP contribution is 2.48. The summed E-state index contributed by atoms with van der Waals surface area (Å²) in [7, 11) is 0. The fraction of sp³-hybridized carbons (Fsp3) is 0.882. The summed E-state index contributed by atoms with van der Waals surface area (Å²) in [5, 5.41) is 11.7. The molecule has 22 heavy (non-hydrogen) atoms. The lowest BCUT2D eigenvalue weighted by Crippen LogP contribution is -2.50. The average molecular weight is 312 g/mol. The third-order valence-electron chi connectivity index (χ3n) is 5.29. The van der Waals surface area contributed by atoms with Gasteiger partial charge < -0.3 is 21.0 Å². The molecule has 0 aliphatic heterocycles. The Balaban J connectivity index is 2.46. The van der Waals surface area contributed by atoms with Crippen LogP contribution in [0.4, 0.5) is 0 Å². The van der Waals surface area contributed by atoms with Crippen molar-refractivity contribution in [1.82, 2.24) is 5.32 Å². The zero-order valence-corrected chi connectivity index (χ0v) is 14.4. The molecule has 5 heteroatoms. The standard InChI is InChI=1S/C17H32N2O3/c1-12-5-7-16(2,3)14(12)6-8-17(4,18)11-19-13(10-20)9-15(21)22/h10,12-14,19H,5-9,11,18H2,1-4H3,(H,21,22)/t12?,13-,14?,17?/m1/s1. The van der Waals surface area contributed by atoms with Gasteiger partial charge in [0.05, 0.1) is 12.5 Å². The van der Waals surface area contributed by atoms with Gasteiger partial charge in [-0.3, -0.25) is 4.79 Å². The molecule has 1 saturated carbocycles. The molecule has 0 radical (unpaired) electrons. The van der Waals surface area contributed by atoms with Gasteiger partial charge in [-0.05, 0) is 49.9 Å². The molecule has 0 aromatic rings. The number of aliphatic carboxylic acids is 1. The summed E-state index contributed by atoms with van der Waals surface area (Å²) in [6.45, 7) is 9.41. The second-order valence-electron chi connectivity index (χ2n) is 8.03. The van der Waals surface area contributed by atoms with Crippen molar-refractivity contribution in [3.63, 3.8) is 0 Å². The van der Waals surface area contributed by atoms with Crippen molar-refractivity contribution in [1.29, 1.82) is 0 Å². The van der Waals surface area contributed by atoms with E-state index in [1.54, 1.807) is 0 Å². The van der Waals surface area contributed by atoms with Crippen molar-refractivity contribution in [3.05, 3.63) is 0 Å². The van der Waals surface area contributed by atoms with Gasteiger partial charge in [0.2, 0.25) is 0 Å². The Labute approximate surface area is 134 Å². The Hall–Kier alpha value is -0.940. The van der Waals surface area contributed by atoms with Crippen LogP contribution < -0.4 is 11.1 Å². The van der Waals surface area contributed by atoms with Crippen LogP contribution in [0, 0.1) is 17.3 Å². The first-order chi connectivity index (χ1) is 10.1. The van der Waals surface area contributed by atoms with Crippen LogP contribution in [0.5, 0.6) is 0 Å². The van der Waals surface area contributed by atoms with Crippen LogP contribution in [0.25, 0.3) is 0 Å². The first-order valence-corrected chi connectivity index (χ1v) is 8.27. The summed E-state index contributed by atoms with van der Waals surface area (Å²) in [6.07, 6.45) is 4.94. The maximum absolute atomic E-state index is 10.9. The van der Waals surface area contributed by atoms with Gasteiger partial charge in [-0.1, -0.05) is 20.8 Å². The van der Waals surface area contributed by atoms with Crippen molar-refractivity contribution >= 4 is 12.3 Å². The summed E-state index contributed by atoms with van der Waals surface area (Å²) >= 11 is 0. The number of hydrogen-bond donors (Lipinski definition) is 3. The Morgan fingerprint density at radius 2 is 2.18 bits per heavy atom. The molecular formula is C17H32N2O3. The number of carbonyl (C=O) groups is 2. The summed E-state index contributed by atoms with van der Waals surface area (Å²) in [5.74, 6) is 0.426. The Kier molecular flexibility index (Phi) is 6.56. The van der Waals surface area contributed by atoms with E-state index in [4.69, 9.17) is 10.8 Å². The quantitative estimate of drug-likeness (QED) is 0.568. The van der Waals surface area contributed by atoms with E-state index in [1.165, 1.54) is 12.8 Å². The fourth-order valence-electron chi connectivity index (χ4n) is 3.73. The number of hydrogen-bond acceptors (Lipinski definition) is 4. The van der Waals surface area contributed by atoms with Crippen LogP contribution in [-0.4, -0.2) is 35.5 Å². The molecule has 1 rings (SSSR count). The van der Waals surface area contributed by atoms with Gasteiger partial charge in [-0.15, -0.1) is 0 Å². The minimum absolute atomic E-state index is 0.202. The minimum Gasteiger partial charge on any atom is -0.481 e. The highest BCUT2D eigenvalue weighted by atomic mass is 16.4. The molecule has 0 spiro atoms. The van der Waals surface area contributed by atoms with Gasteiger partial charge >= 0.3 is 5.97 Å². The van der Waals surface area contributed by atoms with Crippen molar-refractivity contribution in [2.45, 2.75) is 71.4 Å². The first kappa shape index (κ1) is 19.1. The lowest BCUT2D eigenvalue weighted by atomic mass is 9.74. The van der Waals surface area contributed by atoms with Crippen LogP contribution in [0.2, 0.25) is 0 Å². The molecule has 1 fully saturated rings. The minimum atomic E-state index is -0.982. The molecule has 4 N–H and O–H groups in total. The van der Waals surface area contributed by atoms with Crippen LogP contribution in [0.1, 0.15) is 59.8 Å². The van der Waals surface area contributed by atoms with Gasteiger partial charge in [0.15, 0.2) is 0 Å². The number of aldehydes is 1. The summed E-state index contributed by atoms with van der Waals surface area (Å²) in [6, 6.07) is -0.665. The smallest absolute Gasteiger partial charge is 0.305 e. The molecule has 0 saturated heterocycles. The molecule has 5 nitrogen and oxygen atoms in total. The Morgan fingerprint density at radius 1 is 1.55 bits per heavy atom. The molecule has 0 aromatic heterocycles. The second kappa shape index (κ2) is 7.55. The van der Waals surface area contributed by atoms with E-state index in [-0.39, 0.29) is 6.42 Å². The molecule has 3 unspecified atom stereocenters. The monoisotopic (exact) mass is 312 g/mol. The van der Waals surface area contributed by atoms with Gasteiger partial charge in [-0.25, -0.2) is 0 Å². The van der Waals surface area contributed by atoms with Crippen molar-refractivity contribution in [3.8, 4) is 0 Å². The van der Waals surface area contributed by atoms with E-state index in [0.717, 1.165) is 18.8 Å². The topological polar surface area (TPSA) is 92.4 Å². The molecule has 0 amide bonds. The van der Waals surface area contributed by atoms with E-state index < -0.39 is 17.6 Å². The maximum atomic E-state index is 10.9. The summed E-state index contributed by atoms with van der Waals surface area (Å²) < 4.78 is 0. The highest BCUT2D eigenvalue weighted by Gasteiger charge is 2.39. The van der Waals surface area contributed by atoms with Crippen molar-refractivity contribution < 1.29 is 14.7 Å². The molecule has 1 aliphatic carbocycles. The third kappa shape index (κ3) is 5.69. The predicted octanol–water partition coefficient (Wildman–Crippen LogP) is 2.19. The molecule has 1 aliphatic rings. The molecule has 4 atom stereocenters. The lowest BCUT2D eigenvalue weighted by molar-refractivity contribution is -0.138. The van der Waals surface area contributed by atoms with E-state index >= 15 is 0 Å². The third-order valence-corrected chi connectivity index (χ3v) is 5.29. The zero-order chi connectivity index (χ0) is 17.0. The van der Waals surface area contributed by atoms with Crippen LogP contribution >= 0.6 is 0 Å². The van der Waals surface area contributed by atoms with E-state index in [2.05, 4.69) is 26.1 Å². The SMILES string of the molecule is CC1CCC(C)(C)C1CCC(C)(N)CN[C@@H](C=O)CC(=O)O. The molecular weight excluding hydrogens is 280 g/mol. The van der Waals surface area contributed by atoms with Gasteiger partial charge in [-0.2, -0.15) is 0 Å². The summed E-state index contributed by atoms with van der Waals surface area (Å²) in [5.41, 5.74) is 6.28. The number of carboxylic acid groups (broad SMARTS) is 1. The van der Waals surface area contributed by atoms with Gasteiger partial charge in [0, 0.05) is 12.1 Å². The van der Waals surface area contributed by atoms with Crippen molar-refractivity contribution in [2.75, 3.05) is 6.54 Å². The second-order valence-corrected chi connectivity index (χ2v) is 8.03. The first-order valence-electron chi connectivity index (χ1n) is 8.27. The number of carboxylic acids is 1. The zero-order valence-electron chi connectivity index (χ0n) is 14.4. The van der Waals surface area contributed by atoms with E-state index in [9.17, 15) is 9.59 Å². The lowest BCUT2D eigenvalue weighted by Gasteiger charge is -2.34. The Morgan fingerprint density at radius 3 is 2.64 bits per heavy atom. The Bertz CT molecular complexity index is 393. The molecule has 0 bridgehead atoms. The van der Waals surface area contributed by atoms with Gasteiger partial charge in [0.1, 0.15) is 6.29 Å². The highest BCUT2D eigenvalue weighted by molar-refractivity contribution is 5.73. The number of carbonyl (C=O) groups excluding carboxylic acids is 1. The molecule has 0 aromatic carbocycles.